The van der Waals surface area contributed by atoms with E-state index in [2.05, 4.69) is 19.0 Å². The summed E-state index contributed by atoms with van der Waals surface area (Å²) in [6.45, 7) is 4.88. The van der Waals surface area contributed by atoms with Gasteiger partial charge in [0.2, 0.25) is 0 Å². The van der Waals surface area contributed by atoms with E-state index in [9.17, 15) is 5.11 Å². The first-order valence-corrected chi connectivity index (χ1v) is 9.37. The van der Waals surface area contributed by atoms with Crippen molar-refractivity contribution in [2.75, 3.05) is 0 Å². The topological polar surface area (TPSA) is 52.8 Å². The molecule has 3 nitrogen and oxygen atoms in total. The Labute approximate surface area is 134 Å². The van der Waals surface area contributed by atoms with Crippen LogP contribution in [-0.2, 0) is 0 Å². The molecule has 4 rings (SSSR count). The molecule has 0 aromatic carbocycles. The molecule has 4 saturated carbocycles. The molecule has 7 atom stereocenters. The minimum Gasteiger partial charge on any atom is -0.411 e. The number of rotatable bonds is 0. The molecule has 0 aromatic heterocycles. The van der Waals surface area contributed by atoms with Crippen LogP contribution in [0.4, 0.5) is 0 Å². The predicted octanol–water partition coefficient (Wildman–Crippen LogP) is 4.22. The van der Waals surface area contributed by atoms with Gasteiger partial charge < -0.3 is 10.3 Å². The maximum absolute atomic E-state index is 10.5. The van der Waals surface area contributed by atoms with E-state index in [1.165, 1.54) is 38.5 Å². The van der Waals surface area contributed by atoms with Gasteiger partial charge in [-0.2, -0.15) is 0 Å². The van der Waals surface area contributed by atoms with E-state index in [4.69, 9.17) is 5.21 Å². The summed E-state index contributed by atoms with van der Waals surface area (Å²) in [4.78, 5) is 0. The molecule has 2 N–H and O–H groups in total. The molecule has 0 aromatic rings. The van der Waals surface area contributed by atoms with E-state index in [1.54, 1.807) is 0 Å². The molecule has 0 radical (unpaired) electrons. The van der Waals surface area contributed by atoms with E-state index in [1.807, 2.05) is 0 Å². The van der Waals surface area contributed by atoms with Gasteiger partial charge in [0.25, 0.3) is 0 Å². The summed E-state index contributed by atoms with van der Waals surface area (Å²) < 4.78 is 0. The minimum atomic E-state index is -0.0662. The van der Waals surface area contributed by atoms with Crippen LogP contribution in [-0.4, -0.2) is 22.1 Å². The van der Waals surface area contributed by atoms with Crippen LogP contribution in [0.5, 0.6) is 0 Å². The molecule has 0 unspecified atom stereocenters. The second-order valence-electron chi connectivity index (χ2n) is 9.16. The molecular weight excluding hydrogens is 274 g/mol. The van der Waals surface area contributed by atoms with Gasteiger partial charge in [0.1, 0.15) is 0 Å². The Morgan fingerprint density at radius 1 is 0.955 bits per heavy atom. The van der Waals surface area contributed by atoms with E-state index in [-0.39, 0.29) is 11.5 Å². The van der Waals surface area contributed by atoms with Gasteiger partial charge in [-0.25, -0.2) is 0 Å². The summed E-state index contributed by atoms with van der Waals surface area (Å²) in [6.07, 6.45) is 10.5. The molecule has 22 heavy (non-hydrogen) atoms. The van der Waals surface area contributed by atoms with Crippen LogP contribution in [0.25, 0.3) is 0 Å². The van der Waals surface area contributed by atoms with Crippen LogP contribution in [0.2, 0.25) is 0 Å². The minimum absolute atomic E-state index is 0.0662. The van der Waals surface area contributed by atoms with Gasteiger partial charge >= 0.3 is 0 Å². The first-order valence-electron chi connectivity index (χ1n) is 9.37. The van der Waals surface area contributed by atoms with Crippen molar-refractivity contribution < 1.29 is 10.3 Å². The zero-order valence-electron chi connectivity index (χ0n) is 14.1. The quantitative estimate of drug-likeness (QED) is 0.520. The molecule has 0 bridgehead atoms. The molecule has 0 amide bonds. The Morgan fingerprint density at radius 2 is 1.73 bits per heavy atom. The second kappa shape index (κ2) is 4.96. The van der Waals surface area contributed by atoms with Gasteiger partial charge in [-0.15, -0.1) is 0 Å². The van der Waals surface area contributed by atoms with Crippen molar-refractivity contribution in [3.05, 3.63) is 0 Å². The van der Waals surface area contributed by atoms with E-state index in [0.717, 1.165) is 42.7 Å². The number of nitrogens with zero attached hydrogens (tertiary/aromatic N) is 1. The maximum atomic E-state index is 10.5. The smallest absolute Gasteiger partial charge is 0.0596 e. The zero-order valence-corrected chi connectivity index (χ0v) is 14.1. The highest BCUT2D eigenvalue weighted by atomic mass is 16.4. The molecule has 4 aliphatic rings. The van der Waals surface area contributed by atoms with E-state index >= 15 is 0 Å². The van der Waals surface area contributed by atoms with Crippen LogP contribution in [0, 0.1) is 34.5 Å². The lowest BCUT2D eigenvalue weighted by Crippen LogP contribution is -2.54. The van der Waals surface area contributed by atoms with Crippen molar-refractivity contribution in [3.63, 3.8) is 0 Å². The highest BCUT2D eigenvalue weighted by molar-refractivity contribution is 5.85. The zero-order chi connectivity index (χ0) is 15.5. The average Bonchev–Trinajstić information content (AvgIpc) is 2.82. The molecule has 4 aliphatic carbocycles. The van der Waals surface area contributed by atoms with Crippen LogP contribution in [0.1, 0.15) is 71.6 Å². The molecule has 0 spiro atoms. The lowest BCUT2D eigenvalue weighted by Gasteiger charge is -2.60. The third-order valence-electron chi connectivity index (χ3n) is 8.59. The number of fused-ring (bicyclic) bond motifs is 5. The lowest BCUT2D eigenvalue weighted by molar-refractivity contribution is -0.112. The molecule has 3 heteroatoms. The maximum Gasteiger partial charge on any atom is 0.0596 e. The lowest BCUT2D eigenvalue weighted by atomic mass is 9.45. The first kappa shape index (κ1) is 15.0. The van der Waals surface area contributed by atoms with Crippen LogP contribution in [0.3, 0.4) is 0 Å². The van der Waals surface area contributed by atoms with Crippen molar-refractivity contribution >= 4 is 5.71 Å². The van der Waals surface area contributed by atoms with E-state index in [0.29, 0.717) is 11.3 Å². The largest absolute Gasteiger partial charge is 0.411 e. The molecule has 0 heterocycles. The summed E-state index contributed by atoms with van der Waals surface area (Å²) in [6, 6.07) is 0. The Morgan fingerprint density at radius 3 is 2.50 bits per heavy atom. The molecular formula is C19H31NO2. The number of aliphatic hydroxyl groups is 1. The Hall–Kier alpha value is -0.570. The van der Waals surface area contributed by atoms with Crippen LogP contribution < -0.4 is 0 Å². The third kappa shape index (κ3) is 1.87. The van der Waals surface area contributed by atoms with Gasteiger partial charge in [-0.3, -0.25) is 0 Å². The summed E-state index contributed by atoms with van der Waals surface area (Å²) in [7, 11) is 0. The fourth-order valence-electron chi connectivity index (χ4n) is 7.12. The van der Waals surface area contributed by atoms with Gasteiger partial charge in [-0.05, 0) is 92.3 Å². The fourth-order valence-corrected chi connectivity index (χ4v) is 7.12. The number of hydrogen-bond acceptors (Lipinski definition) is 3. The van der Waals surface area contributed by atoms with E-state index < -0.39 is 0 Å². The summed E-state index contributed by atoms with van der Waals surface area (Å²) in [5.41, 5.74) is 1.65. The number of hydrogen-bond donors (Lipinski definition) is 2. The Balaban J connectivity index is 1.62. The monoisotopic (exact) mass is 305 g/mol. The second-order valence-corrected chi connectivity index (χ2v) is 9.16. The van der Waals surface area contributed by atoms with Gasteiger partial charge in [-0.1, -0.05) is 19.0 Å². The van der Waals surface area contributed by atoms with Gasteiger partial charge in [0.05, 0.1) is 11.8 Å². The summed E-state index contributed by atoms with van der Waals surface area (Å²) in [5.74, 6) is 3.11. The van der Waals surface area contributed by atoms with Gasteiger partial charge in [0, 0.05) is 0 Å². The molecule has 124 valence electrons. The van der Waals surface area contributed by atoms with Crippen LogP contribution >= 0.6 is 0 Å². The third-order valence-corrected chi connectivity index (χ3v) is 8.59. The van der Waals surface area contributed by atoms with Crippen molar-refractivity contribution in [2.24, 2.45) is 39.7 Å². The fraction of sp³-hybridized carbons (Fsp3) is 0.947. The van der Waals surface area contributed by atoms with Crippen LogP contribution in [0.15, 0.2) is 5.16 Å². The highest BCUT2D eigenvalue weighted by Gasteiger charge is 2.59. The molecule has 0 aliphatic heterocycles. The standard InChI is InChI=1S/C19H31NO2/c1-18-9-7-13(20-22)11-12(18)3-4-14-15-5-6-17(21)19(15,2)10-8-16(14)18/h12,14-17,21-22H,3-11H2,1-2H3/t12-,14-,15+,16+,17-,18-,19-/m0/s1. The Bertz CT molecular complexity index is 490. The highest BCUT2D eigenvalue weighted by Crippen LogP contribution is 2.65. The van der Waals surface area contributed by atoms with Crippen molar-refractivity contribution in [2.45, 2.75) is 77.7 Å². The van der Waals surface area contributed by atoms with Crippen molar-refractivity contribution in [1.82, 2.24) is 0 Å². The summed E-state index contributed by atoms with van der Waals surface area (Å²) in [5, 5.41) is 23.2. The molecule has 4 fully saturated rings. The molecule has 0 saturated heterocycles. The Kier molecular flexibility index (Phi) is 3.38. The van der Waals surface area contributed by atoms with Gasteiger partial charge in [0.15, 0.2) is 0 Å². The van der Waals surface area contributed by atoms with Crippen molar-refractivity contribution in [1.29, 1.82) is 0 Å². The average molecular weight is 305 g/mol. The SMILES string of the molecule is C[C@]12CCC(=NO)C[C@@H]1CC[C@@H]1[C@H]2CC[C@@]2(C)[C@@H]1CC[C@@H]2O. The predicted molar refractivity (Wildman–Crippen MR) is 87.0 cm³/mol. The normalized spacial score (nSPS) is 56.3. The summed E-state index contributed by atoms with van der Waals surface area (Å²) >= 11 is 0. The van der Waals surface area contributed by atoms with Crippen molar-refractivity contribution in [3.8, 4) is 0 Å². The first-order chi connectivity index (χ1) is 10.5. The number of oxime groups is 1. The number of aliphatic hydroxyl groups excluding tert-OH is 1.